The standard InChI is InChI=1S/C26H39FO6.Na.H/c1-5-6-22(32)33-26(21(31)14-28)15(2)11-19-18-8-7-16-12-17(29)9-10-23(16,3)25(18,27)20(30)13-24(19,26)4;;/h15-16,18-20,28,30H,5-14H2,1-4H3;;/t15?,16?,18-,19-,20?,23-,24-,25-,26-;;/m0../s1. The van der Waals surface area contributed by atoms with Gasteiger partial charge in [0, 0.05) is 36.0 Å². The topological polar surface area (TPSA) is 101 Å². The molecule has 0 aliphatic heterocycles. The summed E-state index contributed by atoms with van der Waals surface area (Å²) in [6, 6.07) is 0. The van der Waals surface area contributed by atoms with Crippen molar-refractivity contribution in [1.82, 2.24) is 0 Å². The van der Waals surface area contributed by atoms with Crippen LogP contribution in [0.2, 0.25) is 0 Å². The normalized spacial score (nSPS) is 47.6. The molecule has 4 aliphatic rings. The van der Waals surface area contributed by atoms with E-state index in [0.29, 0.717) is 44.9 Å². The van der Waals surface area contributed by atoms with Crippen LogP contribution in [0.25, 0.3) is 0 Å². The molecule has 0 radical (unpaired) electrons. The number of Topliss-reactive ketones (excluding diaryl/α,β-unsaturated/α-hetero) is 2. The van der Waals surface area contributed by atoms with Gasteiger partial charge in [-0.3, -0.25) is 14.4 Å². The number of hydrogen-bond acceptors (Lipinski definition) is 6. The summed E-state index contributed by atoms with van der Waals surface area (Å²) < 4.78 is 23.3. The number of rotatable bonds is 5. The second kappa shape index (κ2) is 9.51. The van der Waals surface area contributed by atoms with E-state index in [2.05, 4.69) is 0 Å². The van der Waals surface area contributed by atoms with Gasteiger partial charge in [0.2, 0.25) is 5.78 Å². The van der Waals surface area contributed by atoms with E-state index in [1.165, 1.54) is 0 Å². The van der Waals surface area contributed by atoms with Gasteiger partial charge in [0.1, 0.15) is 18.1 Å². The number of alkyl halides is 1. The first-order valence-electron chi connectivity index (χ1n) is 12.7. The molecule has 2 N–H and O–H groups in total. The predicted molar refractivity (Wildman–Crippen MR) is 126 cm³/mol. The zero-order valence-electron chi connectivity index (χ0n) is 20.4. The quantitative estimate of drug-likeness (QED) is 0.454. The van der Waals surface area contributed by atoms with Gasteiger partial charge < -0.3 is 14.9 Å². The zero-order valence-corrected chi connectivity index (χ0v) is 20.4. The fraction of sp³-hybridized carbons (Fsp3) is 0.885. The molecule has 0 aromatic heterocycles. The number of ether oxygens (including phenoxy) is 1. The summed E-state index contributed by atoms with van der Waals surface area (Å²) >= 11 is 0. The van der Waals surface area contributed by atoms with Crippen LogP contribution in [0.1, 0.15) is 85.5 Å². The number of halogens is 1. The molecule has 4 saturated carbocycles. The first kappa shape index (κ1) is 28.2. The molecular weight excluding hydrogens is 450 g/mol. The Balaban J connectivity index is 0.00000324. The van der Waals surface area contributed by atoms with E-state index in [4.69, 9.17) is 4.74 Å². The predicted octanol–water partition coefficient (Wildman–Crippen LogP) is 2.90. The van der Waals surface area contributed by atoms with Crippen molar-refractivity contribution in [2.24, 2.45) is 34.5 Å². The van der Waals surface area contributed by atoms with Crippen molar-refractivity contribution in [2.45, 2.75) is 103 Å². The minimum absolute atomic E-state index is 0. The van der Waals surface area contributed by atoms with Crippen molar-refractivity contribution in [3.05, 3.63) is 0 Å². The summed E-state index contributed by atoms with van der Waals surface area (Å²) in [6.07, 6.45) is 2.20. The van der Waals surface area contributed by atoms with E-state index >= 15 is 4.39 Å². The van der Waals surface area contributed by atoms with E-state index in [9.17, 15) is 24.6 Å². The third kappa shape index (κ3) is 3.54. The van der Waals surface area contributed by atoms with Crippen molar-refractivity contribution in [2.75, 3.05) is 6.61 Å². The molecule has 9 atom stereocenters. The van der Waals surface area contributed by atoms with E-state index < -0.39 is 58.4 Å². The average molecular weight is 491 g/mol. The number of esters is 1. The Morgan fingerprint density at radius 2 is 1.85 bits per heavy atom. The molecule has 0 amide bonds. The fourth-order valence-corrected chi connectivity index (χ4v) is 8.79. The monoisotopic (exact) mass is 490 g/mol. The molecule has 34 heavy (non-hydrogen) atoms. The van der Waals surface area contributed by atoms with Gasteiger partial charge in [0.15, 0.2) is 5.60 Å². The van der Waals surface area contributed by atoms with Crippen LogP contribution < -0.4 is 0 Å². The molecule has 0 bridgehead atoms. The van der Waals surface area contributed by atoms with Gasteiger partial charge in [0.25, 0.3) is 0 Å². The minimum atomic E-state index is -1.87. The Morgan fingerprint density at radius 3 is 2.47 bits per heavy atom. The van der Waals surface area contributed by atoms with Crippen LogP contribution in [0.15, 0.2) is 0 Å². The Kier molecular flexibility index (Phi) is 7.90. The van der Waals surface area contributed by atoms with Gasteiger partial charge in [0.05, 0.1) is 6.10 Å². The van der Waals surface area contributed by atoms with Crippen molar-refractivity contribution in [3.63, 3.8) is 0 Å². The second-order valence-electron chi connectivity index (χ2n) is 11.7. The molecule has 4 rings (SSSR count). The molecule has 0 aromatic rings. The van der Waals surface area contributed by atoms with Gasteiger partial charge in [-0.1, -0.05) is 27.7 Å². The maximum absolute atomic E-state index is 17.3. The van der Waals surface area contributed by atoms with Crippen LogP contribution in [0.5, 0.6) is 0 Å². The molecule has 0 heterocycles. The Morgan fingerprint density at radius 1 is 1.18 bits per heavy atom. The van der Waals surface area contributed by atoms with Crippen molar-refractivity contribution in [3.8, 4) is 0 Å². The molecule has 6 nitrogen and oxygen atoms in total. The number of fused-ring (bicyclic) bond motifs is 5. The molecule has 4 aliphatic carbocycles. The summed E-state index contributed by atoms with van der Waals surface area (Å²) in [5.74, 6) is -2.17. The van der Waals surface area contributed by atoms with Crippen LogP contribution in [-0.4, -0.2) is 81.3 Å². The summed E-state index contributed by atoms with van der Waals surface area (Å²) in [4.78, 5) is 38.1. The molecule has 0 aromatic carbocycles. The van der Waals surface area contributed by atoms with Crippen molar-refractivity contribution < 1.29 is 33.7 Å². The van der Waals surface area contributed by atoms with Crippen LogP contribution in [-0.2, 0) is 19.1 Å². The number of aliphatic hydroxyl groups excluding tert-OH is 2. The maximum atomic E-state index is 17.3. The Labute approximate surface area is 224 Å². The molecule has 3 unspecified atom stereocenters. The van der Waals surface area contributed by atoms with E-state index in [1.54, 1.807) is 0 Å². The van der Waals surface area contributed by atoms with Gasteiger partial charge in [-0.2, -0.15) is 0 Å². The van der Waals surface area contributed by atoms with E-state index in [-0.39, 0.29) is 60.0 Å². The SMILES string of the molecule is CCCC(=O)O[C@]1(C(=O)CO)C(C)C[C@H]2[C@@H]3CCC4CC(=O)CC[C@]4(C)[C@@]3(F)C(O)C[C@@]21C.[NaH]. The summed E-state index contributed by atoms with van der Waals surface area (Å²) in [6.45, 7) is 6.66. The molecular formula is C26H40FNaO6. The molecule has 0 spiro atoms. The molecule has 4 fully saturated rings. The molecule has 0 saturated heterocycles. The van der Waals surface area contributed by atoms with Crippen LogP contribution in [0.4, 0.5) is 4.39 Å². The summed E-state index contributed by atoms with van der Waals surface area (Å²) in [5, 5.41) is 21.4. The van der Waals surface area contributed by atoms with Gasteiger partial charge >= 0.3 is 35.5 Å². The van der Waals surface area contributed by atoms with Gasteiger partial charge in [-0.05, 0) is 56.3 Å². The number of ketones is 2. The Hall–Kier alpha value is -0.340. The third-order valence-corrected chi connectivity index (χ3v) is 10.4. The number of hydrogen-bond donors (Lipinski definition) is 2. The number of carbonyl (C=O) groups excluding carboxylic acids is 3. The number of carbonyl (C=O) groups is 3. The van der Waals surface area contributed by atoms with Crippen molar-refractivity contribution >= 4 is 47.1 Å². The fourth-order valence-electron chi connectivity index (χ4n) is 8.79. The summed E-state index contributed by atoms with van der Waals surface area (Å²) in [7, 11) is 0. The molecule has 8 heteroatoms. The molecule has 188 valence electrons. The van der Waals surface area contributed by atoms with E-state index in [1.807, 2.05) is 27.7 Å². The van der Waals surface area contributed by atoms with Gasteiger partial charge in [-0.15, -0.1) is 0 Å². The Bertz CT molecular complexity index is 851. The second-order valence-corrected chi connectivity index (χ2v) is 11.7. The summed E-state index contributed by atoms with van der Waals surface area (Å²) in [5.41, 5.74) is -5.24. The first-order chi connectivity index (χ1) is 15.4. The third-order valence-electron chi connectivity index (χ3n) is 10.4. The zero-order chi connectivity index (χ0) is 24.4. The number of aliphatic hydroxyl groups is 2. The van der Waals surface area contributed by atoms with Crippen LogP contribution in [0.3, 0.4) is 0 Å². The van der Waals surface area contributed by atoms with Crippen LogP contribution >= 0.6 is 0 Å². The first-order valence-corrected chi connectivity index (χ1v) is 12.7. The van der Waals surface area contributed by atoms with Crippen LogP contribution in [0, 0.1) is 34.5 Å². The van der Waals surface area contributed by atoms with Gasteiger partial charge in [-0.25, -0.2) is 4.39 Å². The average Bonchev–Trinajstić information content (AvgIpc) is 2.97. The van der Waals surface area contributed by atoms with E-state index in [0.717, 1.165) is 0 Å². The van der Waals surface area contributed by atoms with Crippen molar-refractivity contribution in [1.29, 1.82) is 0 Å².